The number of sulfone groups is 1. The lowest BCUT2D eigenvalue weighted by Crippen LogP contribution is -2.42. The van der Waals surface area contributed by atoms with Crippen molar-refractivity contribution >= 4 is 32.2 Å². The van der Waals surface area contributed by atoms with Crippen LogP contribution in [0.2, 0.25) is 0 Å². The van der Waals surface area contributed by atoms with Crippen molar-refractivity contribution in [3.05, 3.63) is 102 Å². The average Bonchev–Trinajstić information content (AvgIpc) is 3.35. The second-order valence-corrected chi connectivity index (χ2v) is 10.9. The minimum Gasteiger partial charge on any atom is -0.287 e. The number of thiazole rings is 1. The monoisotopic (exact) mass is 494 g/mol. The molecule has 174 valence electrons. The van der Waals surface area contributed by atoms with Gasteiger partial charge in [-0.1, -0.05) is 60.7 Å². The SMILES string of the molecule is CC(C(=O)N(CCc1ccccc1)c1nc(-c2ccccc2)cs1)S(=O)(=O)c1ccc(F)cc1. The smallest absolute Gasteiger partial charge is 0.247 e. The zero-order valence-corrected chi connectivity index (χ0v) is 20.1. The number of amides is 1. The summed E-state index contributed by atoms with van der Waals surface area (Å²) in [6.07, 6.45) is 0.538. The normalized spacial score (nSPS) is 12.3. The summed E-state index contributed by atoms with van der Waals surface area (Å²) in [6.45, 7) is 1.64. The minimum atomic E-state index is -4.02. The molecule has 1 amide bonds. The number of hydrogen-bond donors (Lipinski definition) is 0. The van der Waals surface area contributed by atoms with Crippen molar-refractivity contribution in [3.8, 4) is 11.3 Å². The number of aromatic nitrogens is 1. The number of benzene rings is 3. The van der Waals surface area contributed by atoms with Crippen molar-refractivity contribution < 1.29 is 17.6 Å². The lowest BCUT2D eigenvalue weighted by atomic mass is 10.1. The maximum Gasteiger partial charge on any atom is 0.247 e. The van der Waals surface area contributed by atoms with Crippen molar-refractivity contribution in [2.45, 2.75) is 23.5 Å². The minimum absolute atomic E-state index is 0.0955. The fraction of sp³-hybridized carbons (Fsp3) is 0.154. The summed E-state index contributed by atoms with van der Waals surface area (Å²) >= 11 is 1.29. The van der Waals surface area contributed by atoms with Gasteiger partial charge in [-0.3, -0.25) is 9.69 Å². The van der Waals surface area contributed by atoms with Gasteiger partial charge in [0.05, 0.1) is 10.6 Å². The van der Waals surface area contributed by atoms with E-state index in [9.17, 15) is 17.6 Å². The second kappa shape index (κ2) is 10.3. The molecule has 4 aromatic rings. The van der Waals surface area contributed by atoms with Gasteiger partial charge in [0, 0.05) is 17.5 Å². The molecule has 0 aliphatic rings. The fourth-order valence-corrected chi connectivity index (χ4v) is 5.68. The summed E-state index contributed by atoms with van der Waals surface area (Å²) < 4.78 is 39.6. The number of carbonyl (C=O) groups is 1. The number of carbonyl (C=O) groups excluding carboxylic acids is 1. The van der Waals surface area contributed by atoms with Crippen LogP contribution in [0.15, 0.2) is 95.2 Å². The molecular formula is C26H23FN2O3S2. The van der Waals surface area contributed by atoms with Gasteiger partial charge in [0.1, 0.15) is 11.1 Å². The number of halogens is 1. The van der Waals surface area contributed by atoms with Gasteiger partial charge in [-0.05, 0) is 43.2 Å². The van der Waals surface area contributed by atoms with Crippen LogP contribution in [0.1, 0.15) is 12.5 Å². The maximum atomic E-state index is 13.5. The van der Waals surface area contributed by atoms with Crippen LogP contribution in [0.4, 0.5) is 9.52 Å². The van der Waals surface area contributed by atoms with Crippen LogP contribution in [0.3, 0.4) is 0 Å². The van der Waals surface area contributed by atoms with Crippen LogP contribution in [-0.4, -0.2) is 31.1 Å². The molecule has 8 heteroatoms. The Bertz CT molecular complexity index is 1360. The van der Waals surface area contributed by atoms with Gasteiger partial charge in [-0.2, -0.15) is 0 Å². The third kappa shape index (κ3) is 5.24. The van der Waals surface area contributed by atoms with E-state index < -0.39 is 26.8 Å². The largest absolute Gasteiger partial charge is 0.287 e. The van der Waals surface area contributed by atoms with E-state index in [1.54, 1.807) is 0 Å². The molecule has 1 unspecified atom stereocenters. The number of hydrogen-bond acceptors (Lipinski definition) is 5. The lowest BCUT2D eigenvalue weighted by Gasteiger charge is -2.23. The molecule has 3 aromatic carbocycles. The Morgan fingerprint density at radius 1 is 0.971 bits per heavy atom. The quantitative estimate of drug-likeness (QED) is 0.308. The summed E-state index contributed by atoms with van der Waals surface area (Å²) in [5, 5.41) is 0.922. The predicted molar refractivity (Wildman–Crippen MR) is 133 cm³/mol. The van der Waals surface area contributed by atoms with Gasteiger partial charge in [-0.25, -0.2) is 17.8 Å². The van der Waals surface area contributed by atoms with Crippen molar-refractivity contribution in [1.82, 2.24) is 4.98 Å². The van der Waals surface area contributed by atoms with E-state index >= 15 is 0 Å². The topological polar surface area (TPSA) is 67.3 Å². The molecule has 34 heavy (non-hydrogen) atoms. The molecule has 0 spiro atoms. The molecule has 0 aliphatic heterocycles. The Morgan fingerprint density at radius 2 is 1.59 bits per heavy atom. The molecule has 1 heterocycles. The van der Waals surface area contributed by atoms with E-state index in [2.05, 4.69) is 4.98 Å². The van der Waals surface area contributed by atoms with Crippen LogP contribution in [-0.2, 0) is 21.1 Å². The van der Waals surface area contributed by atoms with Crippen LogP contribution in [0.25, 0.3) is 11.3 Å². The average molecular weight is 495 g/mol. The Labute approximate surface area is 202 Å². The Hall–Kier alpha value is -3.36. The van der Waals surface area contributed by atoms with E-state index in [0.29, 0.717) is 17.2 Å². The highest BCUT2D eigenvalue weighted by atomic mass is 32.2. The molecule has 0 fully saturated rings. The number of rotatable bonds is 8. The highest BCUT2D eigenvalue weighted by Gasteiger charge is 2.34. The highest BCUT2D eigenvalue weighted by Crippen LogP contribution is 2.29. The summed E-state index contributed by atoms with van der Waals surface area (Å²) in [6, 6.07) is 23.7. The first-order valence-corrected chi connectivity index (χ1v) is 13.1. The Balaban J connectivity index is 1.65. The standard InChI is InChI=1S/C26H23FN2O3S2/c1-19(34(31,32)23-14-12-22(27)13-15-23)25(30)29(17-16-20-8-4-2-5-9-20)26-28-24(18-33-26)21-10-6-3-7-11-21/h2-15,18-19H,16-17H2,1H3. The van der Waals surface area contributed by atoms with Gasteiger partial charge in [-0.15, -0.1) is 11.3 Å². The summed E-state index contributed by atoms with van der Waals surface area (Å²) in [5.74, 6) is -1.12. The van der Waals surface area contributed by atoms with Gasteiger partial charge < -0.3 is 0 Å². The maximum absolute atomic E-state index is 13.5. The molecule has 1 atom stereocenters. The van der Waals surface area contributed by atoms with Crippen LogP contribution >= 0.6 is 11.3 Å². The van der Waals surface area contributed by atoms with Gasteiger partial charge >= 0.3 is 0 Å². The predicted octanol–water partition coefficient (Wildman–Crippen LogP) is 5.39. The van der Waals surface area contributed by atoms with Crippen LogP contribution < -0.4 is 4.90 Å². The number of nitrogens with zero attached hydrogens (tertiary/aromatic N) is 2. The third-order valence-electron chi connectivity index (χ3n) is 5.48. The zero-order chi connectivity index (χ0) is 24.1. The van der Waals surface area contributed by atoms with Crippen LogP contribution in [0.5, 0.6) is 0 Å². The molecule has 4 rings (SSSR count). The summed E-state index contributed by atoms with van der Waals surface area (Å²) in [4.78, 5) is 19.5. The molecule has 0 saturated carbocycles. The second-order valence-electron chi connectivity index (χ2n) is 7.75. The first-order valence-electron chi connectivity index (χ1n) is 10.7. The van der Waals surface area contributed by atoms with Crippen LogP contribution in [0, 0.1) is 5.82 Å². The molecule has 1 aromatic heterocycles. The van der Waals surface area contributed by atoms with E-state index in [0.717, 1.165) is 23.3 Å². The Kier molecular flexibility index (Phi) is 7.19. The van der Waals surface area contributed by atoms with Crippen molar-refractivity contribution in [3.63, 3.8) is 0 Å². The van der Waals surface area contributed by atoms with Gasteiger partial charge in [0.2, 0.25) is 5.91 Å². The lowest BCUT2D eigenvalue weighted by molar-refractivity contribution is -0.118. The van der Waals surface area contributed by atoms with E-state index in [1.807, 2.05) is 66.0 Å². The highest BCUT2D eigenvalue weighted by molar-refractivity contribution is 7.92. The van der Waals surface area contributed by atoms with Crippen molar-refractivity contribution in [1.29, 1.82) is 0 Å². The van der Waals surface area contributed by atoms with Crippen molar-refractivity contribution in [2.24, 2.45) is 0 Å². The summed E-state index contributed by atoms with van der Waals surface area (Å²) in [5.41, 5.74) is 2.65. The first-order chi connectivity index (χ1) is 16.4. The van der Waals surface area contributed by atoms with E-state index in [1.165, 1.54) is 35.3 Å². The molecule has 0 bridgehead atoms. The molecule has 0 saturated heterocycles. The fourth-order valence-electron chi connectivity index (χ4n) is 3.50. The molecule has 0 N–H and O–H groups in total. The van der Waals surface area contributed by atoms with Gasteiger partial charge in [0.25, 0.3) is 0 Å². The van der Waals surface area contributed by atoms with E-state index in [-0.39, 0.29) is 11.4 Å². The molecule has 0 radical (unpaired) electrons. The molecule has 0 aliphatic carbocycles. The Morgan fingerprint density at radius 3 is 2.24 bits per heavy atom. The molecular weight excluding hydrogens is 471 g/mol. The molecule has 5 nitrogen and oxygen atoms in total. The van der Waals surface area contributed by atoms with Gasteiger partial charge in [0.15, 0.2) is 15.0 Å². The first kappa shape index (κ1) is 23.8. The third-order valence-corrected chi connectivity index (χ3v) is 8.41. The number of anilines is 1. The zero-order valence-electron chi connectivity index (χ0n) is 18.5. The summed E-state index contributed by atoms with van der Waals surface area (Å²) in [7, 11) is -4.02. The van der Waals surface area contributed by atoms with Crippen molar-refractivity contribution in [2.75, 3.05) is 11.4 Å². The van der Waals surface area contributed by atoms with E-state index in [4.69, 9.17) is 0 Å².